The van der Waals surface area contributed by atoms with Crippen LogP contribution in [0.3, 0.4) is 0 Å². The van der Waals surface area contributed by atoms with Crippen LogP contribution in [0.25, 0.3) is 6.08 Å². The number of nitrogens with one attached hydrogen (secondary N) is 1. The van der Waals surface area contributed by atoms with Crippen LogP contribution < -0.4 is 5.32 Å². The van der Waals surface area contributed by atoms with Crippen LogP contribution >= 0.6 is 0 Å². The quantitative estimate of drug-likeness (QED) is 0.461. The molecule has 0 aromatic heterocycles. The summed E-state index contributed by atoms with van der Waals surface area (Å²) in [5.41, 5.74) is 2.39. The van der Waals surface area contributed by atoms with Crippen molar-refractivity contribution in [3.8, 4) is 0 Å². The Labute approximate surface area is 136 Å². The molecule has 0 aliphatic carbocycles. The van der Waals surface area contributed by atoms with Crippen LogP contribution in [0.15, 0.2) is 30.3 Å². The first-order valence-corrected chi connectivity index (χ1v) is 8.69. The predicted molar refractivity (Wildman–Crippen MR) is 96.0 cm³/mol. The average Bonchev–Trinajstić information content (AvgIpc) is 2.52. The van der Waals surface area contributed by atoms with Gasteiger partial charge in [0.25, 0.3) is 0 Å². The Bertz CT molecular complexity index is 445. The van der Waals surface area contributed by atoms with Crippen molar-refractivity contribution in [2.45, 2.75) is 65.2 Å². The highest BCUT2D eigenvalue weighted by Gasteiger charge is 1.98. The van der Waals surface area contributed by atoms with Crippen LogP contribution in [-0.4, -0.2) is 12.5 Å². The zero-order valence-electron chi connectivity index (χ0n) is 14.4. The van der Waals surface area contributed by atoms with Gasteiger partial charge in [0.15, 0.2) is 0 Å². The van der Waals surface area contributed by atoms with Gasteiger partial charge in [0.2, 0.25) is 5.91 Å². The molecule has 0 heterocycles. The summed E-state index contributed by atoms with van der Waals surface area (Å²) in [6.45, 7) is 7.37. The van der Waals surface area contributed by atoms with E-state index in [1.54, 1.807) is 6.08 Å². The van der Waals surface area contributed by atoms with Gasteiger partial charge in [-0.2, -0.15) is 0 Å². The van der Waals surface area contributed by atoms with Crippen LogP contribution in [0, 0.1) is 0 Å². The molecular weight excluding hydrogens is 270 g/mol. The predicted octanol–water partition coefficient (Wildman–Crippen LogP) is 5.30. The largest absolute Gasteiger partial charge is 0.353 e. The first-order chi connectivity index (χ1) is 10.6. The number of carbonyl (C=O) groups excluding carboxylic acids is 1. The lowest BCUT2D eigenvalue weighted by Crippen LogP contribution is -2.21. The molecule has 1 aromatic rings. The second kappa shape index (κ2) is 11.1. The summed E-state index contributed by atoms with van der Waals surface area (Å²) in [7, 11) is 0. The summed E-state index contributed by atoms with van der Waals surface area (Å²) in [6, 6.07) is 8.37. The van der Waals surface area contributed by atoms with Crippen molar-refractivity contribution in [1.29, 1.82) is 0 Å². The Balaban J connectivity index is 2.21. The number of unbranched alkanes of at least 4 members (excludes halogenated alkanes) is 5. The van der Waals surface area contributed by atoms with Crippen LogP contribution in [-0.2, 0) is 4.79 Å². The minimum atomic E-state index is 0.00138. The van der Waals surface area contributed by atoms with Gasteiger partial charge in [-0.05, 0) is 29.5 Å². The molecule has 1 aromatic carbocycles. The third-order valence-electron chi connectivity index (χ3n) is 3.86. The van der Waals surface area contributed by atoms with Gasteiger partial charge in [0.1, 0.15) is 0 Å². The third kappa shape index (κ3) is 8.02. The average molecular weight is 301 g/mol. The Kier molecular flexibility index (Phi) is 9.29. The van der Waals surface area contributed by atoms with E-state index in [9.17, 15) is 4.79 Å². The van der Waals surface area contributed by atoms with E-state index < -0.39 is 0 Å². The van der Waals surface area contributed by atoms with Gasteiger partial charge < -0.3 is 5.32 Å². The lowest BCUT2D eigenvalue weighted by molar-refractivity contribution is -0.116. The molecule has 2 heteroatoms. The summed E-state index contributed by atoms with van der Waals surface area (Å²) in [5, 5.41) is 2.95. The van der Waals surface area contributed by atoms with Crippen molar-refractivity contribution in [2.75, 3.05) is 6.54 Å². The molecule has 1 amide bonds. The van der Waals surface area contributed by atoms with Crippen molar-refractivity contribution < 1.29 is 4.79 Å². The minimum Gasteiger partial charge on any atom is -0.353 e. The molecule has 0 saturated heterocycles. The van der Waals surface area contributed by atoms with Gasteiger partial charge >= 0.3 is 0 Å². The molecule has 122 valence electrons. The first kappa shape index (κ1) is 18.5. The Hall–Kier alpha value is -1.57. The normalized spacial score (nSPS) is 11.3. The maximum Gasteiger partial charge on any atom is 0.243 e. The Morgan fingerprint density at radius 2 is 1.68 bits per heavy atom. The number of benzene rings is 1. The third-order valence-corrected chi connectivity index (χ3v) is 3.86. The fraction of sp³-hybridized carbons (Fsp3) is 0.550. The number of amides is 1. The van der Waals surface area contributed by atoms with E-state index in [4.69, 9.17) is 0 Å². The van der Waals surface area contributed by atoms with E-state index in [-0.39, 0.29) is 5.91 Å². The van der Waals surface area contributed by atoms with Gasteiger partial charge in [-0.15, -0.1) is 0 Å². The smallest absolute Gasteiger partial charge is 0.243 e. The molecule has 0 aliphatic heterocycles. The van der Waals surface area contributed by atoms with E-state index >= 15 is 0 Å². The van der Waals surface area contributed by atoms with Gasteiger partial charge in [0.05, 0.1) is 0 Å². The fourth-order valence-electron chi connectivity index (χ4n) is 2.34. The van der Waals surface area contributed by atoms with Crippen molar-refractivity contribution in [3.05, 3.63) is 41.5 Å². The van der Waals surface area contributed by atoms with E-state index in [2.05, 4.69) is 50.4 Å². The molecule has 0 spiro atoms. The molecule has 0 atom stereocenters. The minimum absolute atomic E-state index is 0.00138. The maximum atomic E-state index is 11.7. The van der Waals surface area contributed by atoms with Crippen molar-refractivity contribution in [2.24, 2.45) is 0 Å². The van der Waals surface area contributed by atoms with E-state index in [1.165, 1.54) is 37.7 Å². The highest BCUT2D eigenvalue weighted by Crippen LogP contribution is 2.15. The molecule has 0 aliphatic rings. The summed E-state index contributed by atoms with van der Waals surface area (Å²) >= 11 is 0. The SMILES string of the molecule is CCCCCCCCNC(=O)/C=C/c1ccc(C(C)C)cc1. The van der Waals surface area contributed by atoms with Gasteiger partial charge in [-0.25, -0.2) is 0 Å². The highest BCUT2D eigenvalue weighted by atomic mass is 16.1. The zero-order chi connectivity index (χ0) is 16.2. The number of rotatable bonds is 10. The van der Waals surface area contributed by atoms with E-state index in [0.29, 0.717) is 5.92 Å². The van der Waals surface area contributed by atoms with Gasteiger partial charge in [-0.3, -0.25) is 4.79 Å². The summed E-state index contributed by atoms with van der Waals surface area (Å²) < 4.78 is 0. The van der Waals surface area contributed by atoms with Crippen LogP contribution in [0.5, 0.6) is 0 Å². The second-order valence-corrected chi connectivity index (χ2v) is 6.21. The molecule has 0 fully saturated rings. The summed E-state index contributed by atoms with van der Waals surface area (Å²) in [5.74, 6) is 0.542. The molecule has 1 N–H and O–H groups in total. The highest BCUT2D eigenvalue weighted by molar-refractivity contribution is 5.91. The monoisotopic (exact) mass is 301 g/mol. The van der Waals surface area contributed by atoms with Crippen molar-refractivity contribution >= 4 is 12.0 Å². The molecule has 0 saturated carbocycles. The lowest BCUT2D eigenvalue weighted by atomic mass is 10.0. The topological polar surface area (TPSA) is 29.1 Å². The molecule has 0 bridgehead atoms. The number of hydrogen-bond donors (Lipinski definition) is 1. The van der Waals surface area contributed by atoms with Crippen molar-refractivity contribution in [3.63, 3.8) is 0 Å². The summed E-state index contributed by atoms with van der Waals surface area (Å²) in [4.78, 5) is 11.7. The fourth-order valence-corrected chi connectivity index (χ4v) is 2.34. The molecule has 1 rings (SSSR count). The van der Waals surface area contributed by atoms with E-state index in [0.717, 1.165) is 18.5 Å². The van der Waals surface area contributed by atoms with Crippen LogP contribution in [0.2, 0.25) is 0 Å². The van der Waals surface area contributed by atoms with Gasteiger partial charge in [-0.1, -0.05) is 77.1 Å². The lowest BCUT2D eigenvalue weighted by Gasteiger charge is -2.05. The Morgan fingerprint density at radius 1 is 1.05 bits per heavy atom. The molecule has 0 unspecified atom stereocenters. The molecule has 22 heavy (non-hydrogen) atoms. The van der Waals surface area contributed by atoms with E-state index in [1.807, 2.05) is 6.08 Å². The molecule has 0 radical (unpaired) electrons. The standard InChI is InChI=1S/C20H31NO/c1-4-5-6-7-8-9-16-21-20(22)15-12-18-10-13-19(14-11-18)17(2)3/h10-15,17H,4-9,16H2,1-3H3,(H,21,22)/b15-12+. The number of carbonyl (C=O) groups is 1. The Morgan fingerprint density at radius 3 is 2.32 bits per heavy atom. The first-order valence-electron chi connectivity index (χ1n) is 8.69. The number of hydrogen-bond acceptors (Lipinski definition) is 1. The summed E-state index contributed by atoms with van der Waals surface area (Å²) in [6.07, 6.45) is 11.0. The van der Waals surface area contributed by atoms with Gasteiger partial charge in [0, 0.05) is 12.6 Å². The second-order valence-electron chi connectivity index (χ2n) is 6.21. The zero-order valence-corrected chi connectivity index (χ0v) is 14.4. The van der Waals surface area contributed by atoms with Crippen molar-refractivity contribution in [1.82, 2.24) is 5.32 Å². The van der Waals surface area contributed by atoms with Crippen LogP contribution in [0.1, 0.15) is 76.3 Å². The maximum absolute atomic E-state index is 11.7. The van der Waals surface area contributed by atoms with Crippen LogP contribution in [0.4, 0.5) is 0 Å². The molecular formula is C20H31NO. The molecule has 2 nitrogen and oxygen atoms in total.